The summed E-state index contributed by atoms with van der Waals surface area (Å²) in [4.78, 5) is 34.6. The van der Waals surface area contributed by atoms with E-state index in [9.17, 15) is 40.3 Å². The molecule has 2 aromatic carbocycles. The Labute approximate surface area is 264 Å². The van der Waals surface area contributed by atoms with Crippen molar-refractivity contribution in [3.05, 3.63) is 127 Å². The predicted molar refractivity (Wildman–Crippen MR) is 160 cm³/mol. The summed E-state index contributed by atoms with van der Waals surface area (Å²) >= 11 is 0. The molecule has 0 saturated carbocycles. The van der Waals surface area contributed by atoms with Crippen LogP contribution in [-0.4, -0.2) is 45.2 Å². The SMILES string of the molecule is Cc1c(N2CCN(Cc3cccnc3C(F)(F)F)CC2)c(=O)n(C[C@@H](N)c2ccccc2)c(=O)n1Cc1c(F)cccc1C(F)(F)F. The normalized spacial score (nSPS) is 15.2. The van der Waals surface area contributed by atoms with Crippen LogP contribution < -0.4 is 21.9 Å². The molecule has 0 radical (unpaired) electrons. The minimum Gasteiger partial charge on any atom is -0.363 e. The molecule has 2 aromatic heterocycles. The molecule has 3 heterocycles. The highest BCUT2D eigenvalue weighted by molar-refractivity contribution is 5.50. The van der Waals surface area contributed by atoms with Crippen LogP contribution in [0.4, 0.5) is 36.4 Å². The van der Waals surface area contributed by atoms with Gasteiger partial charge < -0.3 is 10.6 Å². The Bertz CT molecular complexity index is 1850. The Balaban J connectivity index is 1.52. The molecule has 1 atom stereocenters. The second-order valence-corrected chi connectivity index (χ2v) is 11.3. The molecule has 0 aliphatic carbocycles. The smallest absolute Gasteiger partial charge is 0.363 e. The maximum atomic E-state index is 14.9. The van der Waals surface area contributed by atoms with Crippen molar-refractivity contribution in [2.45, 2.75) is 45.0 Å². The molecule has 4 aromatic rings. The van der Waals surface area contributed by atoms with Gasteiger partial charge in [0.05, 0.1) is 18.7 Å². The van der Waals surface area contributed by atoms with Crippen molar-refractivity contribution < 1.29 is 30.7 Å². The summed E-state index contributed by atoms with van der Waals surface area (Å²) in [5.74, 6) is -1.17. The van der Waals surface area contributed by atoms with Crippen molar-refractivity contribution in [3.63, 3.8) is 0 Å². The van der Waals surface area contributed by atoms with Crippen molar-refractivity contribution in [2.24, 2.45) is 5.73 Å². The first-order valence-corrected chi connectivity index (χ1v) is 14.6. The zero-order chi connectivity index (χ0) is 34.1. The summed E-state index contributed by atoms with van der Waals surface area (Å²) in [7, 11) is 0. The van der Waals surface area contributed by atoms with E-state index in [1.54, 1.807) is 40.1 Å². The molecule has 5 rings (SSSR count). The van der Waals surface area contributed by atoms with Gasteiger partial charge in [0, 0.05) is 56.2 Å². The van der Waals surface area contributed by atoms with Gasteiger partial charge in [0.1, 0.15) is 17.2 Å². The summed E-state index contributed by atoms with van der Waals surface area (Å²) < 4.78 is 98.9. The maximum Gasteiger partial charge on any atom is 0.433 e. The van der Waals surface area contributed by atoms with E-state index in [1.165, 1.54) is 19.1 Å². The minimum atomic E-state index is -4.92. The van der Waals surface area contributed by atoms with Crippen LogP contribution >= 0.6 is 0 Å². The number of nitrogens with two attached hydrogens (primary N) is 1. The number of anilines is 1. The average molecular weight is 665 g/mol. The quantitative estimate of drug-likeness (QED) is 0.268. The van der Waals surface area contributed by atoms with Crippen molar-refractivity contribution in [1.82, 2.24) is 19.0 Å². The third kappa shape index (κ3) is 7.25. The lowest BCUT2D eigenvalue weighted by atomic mass is 10.1. The number of aromatic nitrogens is 3. The Morgan fingerprint density at radius 1 is 0.830 bits per heavy atom. The molecule has 47 heavy (non-hydrogen) atoms. The van der Waals surface area contributed by atoms with Gasteiger partial charge in [-0.1, -0.05) is 42.5 Å². The molecule has 8 nitrogen and oxygen atoms in total. The zero-order valence-electron chi connectivity index (χ0n) is 25.2. The van der Waals surface area contributed by atoms with Crippen LogP contribution in [0.2, 0.25) is 0 Å². The number of pyridine rings is 1. The van der Waals surface area contributed by atoms with Crippen LogP contribution in [0, 0.1) is 12.7 Å². The Hall–Kier alpha value is -4.50. The van der Waals surface area contributed by atoms with Gasteiger partial charge in [-0.25, -0.2) is 9.18 Å². The van der Waals surface area contributed by atoms with Crippen LogP contribution in [0.5, 0.6) is 0 Å². The van der Waals surface area contributed by atoms with Gasteiger partial charge in [-0.15, -0.1) is 0 Å². The van der Waals surface area contributed by atoms with Gasteiger partial charge in [-0.3, -0.25) is 23.8 Å². The van der Waals surface area contributed by atoms with E-state index in [0.717, 1.165) is 27.5 Å². The minimum absolute atomic E-state index is 0.00627. The molecule has 15 heteroatoms. The van der Waals surface area contributed by atoms with Gasteiger partial charge in [0.25, 0.3) is 5.56 Å². The van der Waals surface area contributed by atoms with Crippen LogP contribution in [0.25, 0.3) is 0 Å². The zero-order valence-corrected chi connectivity index (χ0v) is 25.2. The Morgan fingerprint density at radius 3 is 2.15 bits per heavy atom. The van der Waals surface area contributed by atoms with E-state index >= 15 is 0 Å². The van der Waals surface area contributed by atoms with Crippen molar-refractivity contribution in [2.75, 3.05) is 31.1 Å². The summed E-state index contributed by atoms with van der Waals surface area (Å²) in [6.45, 7) is 0.936. The third-order valence-electron chi connectivity index (χ3n) is 8.25. The molecule has 1 aliphatic heterocycles. The maximum absolute atomic E-state index is 14.9. The first kappa shape index (κ1) is 33.9. The van der Waals surface area contributed by atoms with E-state index < -0.39 is 58.8 Å². The summed E-state index contributed by atoms with van der Waals surface area (Å²) in [5, 5.41) is 0. The Kier molecular flexibility index (Phi) is 9.59. The molecule has 0 bridgehead atoms. The standard InChI is InChI=1S/C32H31F7N6O2/c1-20-27(43-15-13-42(14-16-43)17-22-9-6-12-41-28(22)32(37,38)39)29(46)45(19-26(40)21-7-3-2-4-8-21)30(47)44(20)18-23-24(31(34,35)36)10-5-11-25(23)33/h2-12,26H,13-19,40H2,1H3/t26-/m1/s1. The highest BCUT2D eigenvalue weighted by atomic mass is 19.4. The number of benzene rings is 2. The second kappa shape index (κ2) is 13.3. The summed E-state index contributed by atoms with van der Waals surface area (Å²) in [6.07, 6.45) is -8.49. The summed E-state index contributed by atoms with van der Waals surface area (Å²) in [5.41, 5.74) is 2.24. The average Bonchev–Trinajstić information content (AvgIpc) is 3.02. The molecule has 2 N–H and O–H groups in total. The van der Waals surface area contributed by atoms with Gasteiger partial charge in [-0.2, -0.15) is 26.3 Å². The van der Waals surface area contributed by atoms with Crippen LogP contribution in [0.15, 0.2) is 76.4 Å². The molecule has 250 valence electrons. The lowest BCUT2D eigenvalue weighted by molar-refractivity contribution is -0.142. The molecule has 1 saturated heterocycles. The number of piperazine rings is 1. The fourth-order valence-electron chi connectivity index (χ4n) is 5.84. The number of halogens is 7. The second-order valence-electron chi connectivity index (χ2n) is 11.3. The first-order chi connectivity index (χ1) is 22.2. The third-order valence-corrected chi connectivity index (χ3v) is 8.25. The van der Waals surface area contributed by atoms with Gasteiger partial charge in [-0.05, 0) is 36.2 Å². The number of hydrogen-bond acceptors (Lipinski definition) is 6. The highest BCUT2D eigenvalue weighted by Gasteiger charge is 2.37. The predicted octanol–water partition coefficient (Wildman–Crippen LogP) is 4.96. The van der Waals surface area contributed by atoms with E-state index in [4.69, 9.17) is 5.73 Å². The number of hydrogen-bond donors (Lipinski definition) is 1. The van der Waals surface area contributed by atoms with Gasteiger partial charge in [0.15, 0.2) is 0 Å². The Morgan fingerprint density at radius 2 is 1.51 bits per heavy atom. The van der Waals surface area contributed by atoms with Crippen molar-refractivity contribution >= 4 is 5.69 Å². The molecule has 1 aliphatic rings. The fraction of sp³-hybridized carbons (Fsp3) is 0.344. The molecular weight excluding hydrogens is 633 g/mol. The van der Waals surface area contributed by atoms with Crippen LogP contribution in [-0.2, 0) is 32.0 Å². The van der Waals surface area contributed by atoms with E-state index in [-0.39, 0.29) is 56.2 Å². The summed E-state index contributed by atoms with van der Waals surface area (Å²) in [6, 6.07) is 13.0. The molecule has 0 unspecified atom stereocenters. The molecule has 1 fully saturated rings. The van der Waals surface area contributed by atoms with Crippen LogP contribution in [0.3, 0.4) is 0 Å². The van der Waals surface area contributed by atoms with Gasteiger partial charge in [0.2, 0.25) is 0 Å². The number of rotatable bonds is 8. The molecular formula is C32H31F7N6O2. The lowest BCUT2D eigenvalue weighted by Gasteiger charge is -2.37. The van der Waals surface area contributed by atoms with Crippen molar-refractivity contribution in [1.29, 1.82) is 0 Å². The largest absolute Gasteiger partial charge is 0.433 e. The first-order valence-electron chi connectivity index (χ1n) is 14.6. The van der Waals surface area contributed by atoms with Gasteiger partial charge >= 0.3 is 18.0 Å². The number of nitrogens with zero attached hydrogens (tertiary/aromatic N) is 5. The fourth-order valence-corrected chi connectivity index (χ4v) is 5.84. The van der Waals surface area contributed by atoms with Crippen LogP contribution in [0.1, 0.15) is 39.7 Å². The van der Waals surface area contributed by atoms with E-state index in [1.807, 2.05) is 0 Å². The highest BCUT2D eigenvalue weighted by Crippen LogP contribution is 2.34. The van der Waals surface area contributed by atoms with Crippen molar-refractivity contribution in [3.8, 4) is 0 Å². The van der Waals surface area contributed by atoms with E-state index in [0.29, 0.717) is 11.6 Å². The lowest BCUT2D eigenvalue weighted by Crippen LogP contribution is -2.51. The molecule has 0 amide bonds. The topological polar surface area (TPSA) is 89.4 Å². The number of alkyl halides is 6. The monoisotopic (exact) mass is 664 g/mol. The molecule has 0 spiro atoms. The van der Waals surface area contributed by atoms with E-state index in [2.05, 4.69) is 4.98 Å².